The lowest BCUT2D eigenvalue weighted by molar-refractivity contribution is -0.139. The molecule has 1 aliphatic rings. The number of nitriles is 1. The summed E-state index contributed by atoms with van der Waals surface area (Å²) in [5.74, 6) is -1.00. The molecule has 1 heterocycles. The van der Waals surface area contributed by atoms with Crippen molar-refractivity contribution in [3.63, 3.8) is 0 Å². The van der Waals surface area contributed by atoms with Gasteiger partial charge < -0.3 is 5.11 Å². The Balaban J connectivity index is 1.93. The van der Waals surface area contributed by atoms with Crippen molar-refractivity contribution in [1.82, 2.24) is 4.90 Å². The van der Waals surface area contributed by atoms with Crippen molar-refractivity contribution < 1.29 is 14.3 Å². The zero-order chi connectivity index (χ0) is 13.1. The van der Waals surface area contributed by atoms with E-state index in [1.54, 1.807) is 6.07 Å². The first kappa shape index (κ1) is 12.5. The minimum absolute atomic E-state index is 0.186. The van der Waals surface area contributed by atoms with Gasteiger partial charge in [-0.2, -0.15) is 5.26 Å². The number of aliphatic carboxylic acids is 1. The van der Waals surface area contributed by atoms with Gasteiger partial charge in [-0.15, -0.1) is 0 Å². The molecule has 5 heteroatoms. The van der Waals surface area contributed by atoms with Gasteiger partial charge in [-0.1, -0.05) is 6.07 Å². The Morgan fingerprint density at radius 3 is 2.89 bits per heavy atom. The summed E-state index contributed by atoms with van der Waals surface area (Å²) in [7, 11) is 0. The average molecular weight is 248 g/mol. The number of likely N-dealkylation sites (tertiary alicyclic amines) is 1. The van der Waals surface area contributed by atoms with Crippen LogP contribution >= 0.6 is 0 Å². The Kier molecular flexibility index (Phi) is 3.58. The van der Waals surface area contributed by atoms with Crippen molar-refractivity contribution >= 4 is 5.97 Å². The molecule has 0 unspecified atom stereocenters. The second-order valence-corrected chi connectivity index (χ2v) is 4.57. The maximum absolute atomic E-state index is 12.9. The van der Waals surface area contributed by atoms with Gasteiger partial charge in [-0.3, -0.25) is 9.69 Å². The zero-order valence-corrected chi connectivity index (χ0v) is 9.77. The van der Waals surface area contributed by atoms with Crippen molar-refractivity contribution in [2.45, 2.75) is 13.0 Å². The lowest BCUT2D eigenvalue weighted by Crippen LogP contribution is -2.46. The van der Waals surface area contributed by atoms with Crippen molar-refractivity contribution in [3.8, 4) is 6.07 Å². The fourth-order valence-corrected chi connectivity index (χ4v) is 2.21. The predicted molar refractivity (Wildman–Crippen MR) is 62.1 cm³/mol. The van der Waals surface area contributed by atoms with Crippen LogP contribution in [0.1, 0.15) is 17.5 Å². The standard InChI is InChI=1S/C13H13FN2O2/c14-12-2-1-10(11(4-12)5-15)8-16-6-9(7-16)3-13(17)18/h1-2,4,9H,3,6-8H2,(H,17,18). The molecule has 0 bridgehead atoms. The maximum Gasteiger partial charge on any atom is 0.303 e. The van der Waals surface area contributed by atoms with Crippen LogP contribution in [0, 0.1) is 23.1 Å². The number of halogens is 1. The highest BCUT2D eigenvalue weighted by Crippen LogP contribution is 2.22. The maximum atomic E-state index is 12.9. The van der Waals surface area contributed by atoms with E-state index in [-0.39, 0.29) is 12.3 Å². The van der Waals surface area contributed by atoms with Gasteiger partial charge in [0.1, 0.15) is 5.82 Å². The Morgan fingerprint density at radius 2 is 2.28 bits per heavy atom. The second kappa shape index (κ2) is 5.15. The fourth-order valence-electron chi connectivity index (χ4n) is 2.21. The number of hydrogen-bond donors (Lipinski definition) is 1. The van der Waals surface area contributed by atoms with Gasteiger partial charge in [0.15, 0.2) is 0 Å². The molecule has 94 valence electrons. The molecule has 0 amide bonds. The van der Waals surface area contributed by atoms with Gasteiger partial charge in [0, 0.05) is 19.6 Å². The number of rotatable bonds is 4. The summed E-state index contributed by atoms with van der Waals surface area (Å²) in [5, 5.41) is 17.5. The predicted octanol–water partition coefficient (Wildman–Crippen LogP) is 1.60. The van der Waals surface area contributed by atoms with E-state index in [0.29, 0.717) is 25.2 Å². The van der Waals surface area contributed by atoms with Gasteiger partial charge in [0.05, 0.1) is 18.1 Å². The molecule has 0 spiro atoms. The fraction of sp³-hybridized carbons (Fsp3) is 0.385. The van der Waals surface area contributed by atoms with Gasteiger partial charge in [0.25, 0.3) is 0 Å². The highest BCUT2D eigenvalue weighted by molar-refractivity contribution is 5.67. The van der Waals surface area contributed by atoms with Crippen molar-refractivity contribution in [3.05, 3.63) is 35.1 Å². The highest BCUT2D eigenvalue weighted by atomic mass is 19.1. The van der Waals surface area contributed by atoms with E-state index in [2.05, 4.69) is 4.90 Å². The first-order chi connectivity index (χ1) is 8.58. The molecule has 1 fully saturated rings. The third-order valence-corrected chi connectivity index (χ3v) is 3.08. The summed E-state index contributed by atoms with van der Waals surface area (Å²) >= 11 is 0. The van der Waals surface area contributed by atoms with E-state index in [9.17, 15) is 9.18 Å². The lowest BCUT2D eigenvalue weighted by atomic mass is 9.95. The molecule has 1 aromatic carbocycles. The van der Waals surface area contributed by atoms with Crippen LogP contribution in [0.3, 0.4) is 0 Å². The summed E-state index contributed by atoms with van der Waals surface area (Å²) in [6.45, 7) is 2.00. The van der Waals surface area contributed by atoms with Gasteiger partial charge in [-0.25, -0.2) is 4.39 Å². The number of benzene rings is 1. The Labute approximate surface area is 104 Å². The normalized spacial score (nSPS) is 16.0. The quantitative estimate of drug-likeness (QED) is 0.879. The largest absolute Gasteiger partial charge is 0.481 e. The van der Waals surface area contributed by atoms with Crippen LogP contribution < -0.4 is 0 Å². The van der Waals surface area contributed by atoms with Crippen LogP contribution in [0.2, 0.25) is 0 Å². The van der Waals surface area contributed by atoms with Crippen molar-refractivity contribution in [2.75, 3.05) is 13.1 Å². The highest BCUT2D eigenvalue weighted by Gasteiger charge is 2.28. The molecule has 1 N–H and O–H groups in total. The van der Waals surface area contributed by atoms with Crippen LogP contribution in [0.15, 0.2) is 18.2 Å². The van der Waals surface area contributed by atoms with E-state index in [1.807, 2.05) is 6.07 Å². The van der Waals surface area contributed by atoms with Crippen LogP contribution in [0.4, 0.5) is 4.39 Å². The number of carbonyl (C=O) groups is 1. The van der Waals surface area contributed by atoms with E-state index in [0.717, 1.165) is 5.56 Å². The smallest absolute Gasteiger partial charge is 0.303 e. The van der Waals surface area contributed by atoms with Crippen molar-refractivity contribution in [1.29, 1.82) is 5.26 Å². The van der Waals surface area contributed by atoms with E-state index in [4.69, 9.17) is 10.4 Å². The number of carboxylic acid groups (broad SMARTS) is 1. The molecule has 0 saturated carbocycles. The SMILES string of the molecule is N#Cc1cc(F)ccc1CN1CC(CC(=O)O)C1. The molecule has 0 aromatic heterocycles. The van der Waals surface area contributed by atoms with Gasteiger partial charge in [-0.05, 0) is 23.6 Å². The molecule has 4 nitrogen and oxygen atoms in total. The molecule has 1 saturated heterocycles. The molecular weight excluding hydrogens is 235 g/mol. The first-order valence-corrected chi connectivity index (χ1v) is 5.71. The van der Waals surface area contributed by atoms with Crippen LogP contribution in [-0.4, -0.2) is 29.1 Å². The molecule has 18 heavy (non-hydrogen) atoms. The van der Waals surface area contributed by atoms with E-state index in [1.165, 1.54) is 12.1 Å². The molecule has 1 aromatic rings. The minimum atomic E-state index is -0.779. The molecule has 1 aliphatic heterocycles. The molecule has 2 rings (SSSR count). The zero-order valence-electron chi connectivity index (χ0n) is 9.77. The van der Waals surface area contributed by atoms with Crippen LogP contribution in [-0.2, 0) is 11.3 Å². The van der Waals surface area contributed by atoms with E-state index >= 15 is 0 Å². The molecule has 0 aliphatic carbocycles. The molecule has 0 atom stereocenters. The molecular formula is C13H13FN2O2. The molecule has 0 radical (unpaired) electrons. The summed E-state index contributed by atoms with van der Waals surface area (Å²) in [5.41, 5.74) is 1.13. The summed E-state index contributed by atoms with van der Waals surface area (Å²) in [4.78, 5) is 12.6. The number of nitrogens with zero attached hydrogens (tertiary/aromatic N) is 2. The summed E-state index contributed by atoms with van der Waals surface area (Å²) < 4.78 is 12.9. The summed E-state index contributed by atoms with van der Waals surface area (Å²) in [6.07, 6.45) is 0.186. The van der Waals surface area contributed by atoms with Gasteiger partial charge >= 0.3 is 5.97 Å². The third-order valence-electron chi connectivity index (χ3n) is 3.08. The van der Waals surface area contributed by atoms with E-state index < -0.39 is 11.8 Å². The Bertz CT molecular complexity index is 504. The number of carboxylic acids is 1. The topological polar surface area (TPSA) is 64.3 Å². The number of hydrogen-bond acceptors (Lipinski definition) is 3. The average Bonchev–Trinajstić information content (AvgIpc) is 2.27. The summed E-state index contributed by atoms with van der Waals surface area (Å²) in [6, 6.07) is 6.15. The monoisotopic (exact) mass is 248 g/mol. The lowest BCUT2D eigenvalue weighted by Gasteiger charge is -2.38. The van der Waals surface area contributed by atoms with Crippen molar-refractivity contribution in [2.24, 2.45) is 5.92 Å². The minimum Gasteiger partial charge on any atom is -0.481 e. The first-order valence-electron chi connectivity index (χ1n) is 5.71. The third kappa shape index (κ3) is 2.84. The Hall–Kier alpha value is -1.93. The Morgan fingerprint density at radius 1 is 1.56 bits per heavy atom. The van der Waals surface area contributed by atoms with Crippen LogP contribution in [0.25, 0.3) is 0 Å². The van der Waals surface area contributed by atoms with Crippen LogP contribution in [0.5, 0.6) is 0 Å². The second-order valence-electron chi connectivity index (χ2n) is 4.57. The van der Waals surface area contributed by atoms with Gasteiger partial charge in [0.2, 0.25) is 0 Å².